The summed E-state index contributed by atoms with van der Waals surface area (Å²) in [6, 6.07) is 19.4. The van der Waals surface area contributed by atoms with Gasteiger partial charge in [-0.15, -0.1) is 0 Å². The van der Waals surface area contributed by atoms with Crippen molar-refractivity contribution in [2.75, 3.05) is 24.0 Å². The summed E-state index contributed by atoms with van der Waals surface area (Å²) < 4.78 is 39.9. The van der Waals surface area contributed by atoms with E-state index in [4.69, 9.17) is 9.47 Å². The number of rotatable bonds is 7. The van der Waals surface area contributed by atoms with Gasteiger partial charge < -0.3 is 14.8 Å². The molecule has 0 radical (unpaired) electrons. The molecule has 0 unspecified atom stereocenters. The molecule has 0 bridgehead atoms. The van der Waals surface area contributed by atoms with Crippen molar-refractivity contribution in [2.45, 2.75) is 31.8 Å². The van der Waals surface area contributed by atoms with Crippen molar-refractivity contribution < 1.29 is 22.7 Å². The number of aryl methyl sites for hydroxylation is 2. The number of carbonyl (C=O) groups is 1. The van der Waals surface area contributed by atoms with Crippen LogP contribution in [0.1, 0.15) is 16.7 Å². The second kappa shape index (κ2) is 9.77. The lowest BCUT2D eigenvalue weighted by Crippen LogP contribution is -2.45. The fraction of sp³-hybridized carbons (Fsp3) is 0.269. The van der Waals surface area contributed by atoms with Gasteiger partial charge in [0.05, 0.1) is 17.1 Å². The van der Waals surface area contributed by atoms with E-state index in [1.54, 1.807) is 42.5 Å². The Morgan fingerprint density at radius 2 is 1.68 bits per heavy atom. The Bertz CT molecular complexity index is 1290. The minimum atomic E-state index is -3.97. The molecule has 0 aromatic heterocycles. The summed E-state index contributed by atoms with van der Waals surface area (Å²) >= 11 is 0. The van der Waals surface area contributed by atoms with Crippen LogP contribution in [0.25, 0.3) is 0 Å². The fourth-order valence-electron chi connectivity index (χ4n) is 3.72. The van der Waals surface area contributed by atoms with Crippen LogP contribution in [0.15, 0.2) is 71.6 Å². The molecule has 1 aliphatic rings. The molecule has 4 rings (SSSR count). The molecule has 7 nitrogen and oxygen atoms in total. The summed E-state index contributed by atoms with van der Waals surface area (Å²) in [5, 5.41) is 2.80. The number of fused-ring (bicyclic) bond motifs is 1. The van der Waals surface area contributed by atoms with Gasteiger partial charge >= 0.3 is 0 Å². The molecule has 0 spiro atoms. The largest absolute Gasteiger partial charge is 0.486 e. The fourth-order valence-corrected chi connectivity index (χ4v) is 5.20. The first-order valence-electron chi connectivity index (χ1n) is 11.1. The molecule has 178 valence electrons. The van der Waals surface area contributed by atoms with Crippen LogP contribution >= 0.6 is 0 Å². The van der Waals surface area contributed by atoms with E-state index in [1.807, 2.05) is 45.0 Å². The molecule has 3 aromatic carbocycles. The number of hydrogen-bond donors (Lipinski definition) is 1. The number of nitrogens with one attached hydrogen (secondary N) is 1. The quantitative estimate of drug-likeness (QED) is 0.557. The summed E-state index contributed by atoms with van der Waals surface area (Å²) in [4.78, 5) is 13.1. The molecule has 1 amide bonds. The number of para-hydroxylation sites is 2. The second-order valence-corrected chi connectivity index (χ2v) is 10.2. The number of ether oxygens (including phenoxy) is 2. The Kier molecular flexibility index (Phi) is 6.79. The number of amides is 1. The number of nitrogens with zero attached hydrogens (tertiary/aromatic N) is 1. The van der Waals surface area contributed by atoms with Gasteiger partial charge in [-0.05, 0) is 62.2 Å². The average molecular weight is 481 g/mol. The van der Waals surface area contributed by atoms with Crippen LogP contribution in [0.2, 0.25) is 0 Å². The van der Waals surface area contributed by atoms with Crippen molar-refractivity contribution >= 4 is 21.6 Å². The van der Waals surface area contributed by atoms with E-state index in [2.05, 4.69) is 5.32 Å². The monoisotopic (exact) mass is 480 g/mol. The van der Waals surface area contributed by atoms with Gasteiger partial charge in [0.1, 0.15) is 19.3 Å². The van der Waals surface area contributed by atoms with E-state index in [1.165, 1.54) is 4.31 Å². The van der Waals surface area contributed by atoms with Crippen LogP contribution in [0, 0.1) is 20.8 Å². The predicted octanol–water partition coefficient (Wildman–Crippen LogP) is 3.76. The van der Waals surface area contributed by atoms with Crippen LogP contribution in [-0.4, -0.2) is 40.1 Å². The van der Waals surface area contributed by atoms with Crippen LogP contribution in [0.4, 0.5) is 5.69 Å². The molecule has 1 aliphatic heterocycles. The maximum Gasteiger partial charge on any atom is 0.264 e. The number of anilines is 1. The third-order valence-electron chi connectivity index (χ3n) is 5.84. The third kappa shape index (κ3) is 5.02. The summed E-state index contributed by atoms with van der Waals surface area (Å²) in [6.07, 6.45) is -0.373. The standard InChI is InChI=1S/C26H28N2O5S/c1-18-11-13-22(14-12-18)34(30,31)28(23-8-6-7-19(2)20(23)3)16-26(29)27-15-21-17-32-24-9-4-5-10-25(24)33-21/h4-14,21H,15-17H2,1-3H3,(H,27,29)/t21-/m1/s1. The van der Waals surface area contributed by atoms with Crippen molar-refractivity contribution in [3.8, 4) is 11.5 Å². The molecule has 34 heavy (non-hydrogen) atoms. The van der Waals surface area contributed by atoms with Crippen LogP contribution < -0.4 is 19.1 Å². The molecule has 0 aliphatic carbocycles. The predicted molar refractivity (Wildman–Crippen MR) is 131 cm³/mol. The van der Waals surface area contributed by atoms with Gasteiger partial charge in [-0.1, -0.05) is 42.0 Å². The maximum atomic E-state index is 13.6. The Labute approximate surface area is 200 Å². The minimum absolute atomic E-state index is 0.132. The van der Waals surface area contributed by atoms with Gasteiger partial charge in [-0.3, -0.25) is 9.10 Å². The number of sulfonamides is 1. The van der Waals surface area contributed by atoms with E-state index in [0.29, 0.717) is 23.8 Å². The van der Waals surface area contributed by atoms with Crippen molar-refractivity contribution in [3.05, 3.63) is 83.4 Å². The highest BCUT2D eigenvalue weighted by molar-refractivity contribution is 7.92. The highest BCUT2D eigenvalue weighted by Gasteiger charge is 2.29. The second-order valence-electron chi connectivity index (χ2n) is 8.35. The number of carbonyl (C=O) groups excluding carboxylic acids is 1. The van der Waals surface area contributed by atoms with E-state index in [-0.39, 0.29) is 24.1 Å². The summed E-state index contributed by atoms with van der Waals surface area (Å²) in [5.41, 5.74) is 3.16. The van der Waals surface area contributed by atoms with E-state index in [9.17, 15) is 13.2 Å². The van der Waals surface area contributed by atoms with E-state index < -0.39 is 15.9 Å². The zero-order valence-corrected chi connectivity index (χ0v) is 20.3. The molecule has 3 aromatic rings. The molecule has 8 heteroatoms. The molecule has 1 atom stereocenters. The smallest absolute Gasteiger partial charge is 0.264 e. The van der Waals surface area contributed by atoms with Crippen molar-refractivity contribution in [1.29, 1.82) is 0 Å². The van der Waals surface area contributed by atoms with Gasteiger partial charge in [0.15, 0.2) is 11.5 Å². The highest BCUT2D eigenvalue weighted by atomic mass is 32.2. The van der Waals surface area contributed by atoms with Crippen LogP contribution in [-0.2, 0) is 14.8 Å². The molecule has 0 fully saturated rings. The Hall–Kier alpha value is -3.52. The van der Waals surface area contributed by atoms with Crippen LogP contribution in [0.3, 0.4) is 0 Å². The van der Waals surface area contributed by atoms with Gasteiger partial charge in [0, 0.05) is 0 Å². The maximum absolute atomic E-state index is 13.6. The molecule has 1 heterocycles. The highest BCUT2D eigenvalue weighted by Crippen LogP contribution is 2.31. The van der Waals surface area contributed by atoms with Crippen LogP contribution in [0.5, 0.6) is 11.5 Å². The first-order chi connectivity index (χ1) is 16.3. The van der Waals surface area contributed by atoms with Gasteiger partial charge in [0.2, 0.25) is 5.91 Å². The lowest BCUT2D eigenvalue weighted by molar-refractivity contribution is -0.120. The Morgan fingerprint density at radius 3 is 2.41 bits per heavy atom. The Morgan fingerprint density at radius 1 is 0.971 bits per heavy atom. The van der Waals surface area contributed by atoms with Gasteiger partial charge in [0.25, 0.3) is 10.0 Å². The zero-order chi connectivity index (χ0) is 24.3. The lowest BCUT2D eigenvalue weighted by Gasteiger charge is -2.28. The van der Waals surface area contributed by atoms with Crippen molar-refractivity contribution in [3.63, 3.8) is 0 Å². The molecule has 0 saturated heterocycles. The minimum Gasteiger partial charge on any atom is -0.486 e. The molecular weight excluding hydrogens is 452 g/mol. The normalized spacial score (nSPS) is 15.0. The van der Waals surface area contributed by atoms with Crippen molar-refractivity contribution in [2.24, 2.45) is 0 Å². The average Bonchev–Trinajstić information content (AvgIpc) is 2.83. The summed E-state index contributed by atoms with van der Waals surface area (Å²) in [6.45, 7) is 5.78. The SMILES string of the molecule is Cc1ccc(S(=O)(=O)N(CC(=O)NC[C@@H]2COc3ccccc3O2)c2cccc(C)c2C)cc1. The third-order valence-corrected chi connectivity index (χ3v) is 7.61. The summed E-state index contributed by atoms with van der Waals surface area (Å²) in [5.74, 6) is 0.848. The first kappa shape index (κ1) is 23.6. The first-order valence-corrected chi connectivity index (χ1v) is 12.5. The topological polar surface area (TPSA) is 84.9 Å². The molecular formula is C26H28N2O5S. The van der Waals surface area contributed by atoms with Gasteiger partial charge in [-0.25, -0.2) is 8.42 Å². The molecule has 1 N–H and O–H groups in total. The lowest BCUT2D eigenvalue weighted by atomic mass is 10.1. The number of hydrogen-bond acceptors (Lipinski definition) is 5. The van der Waals surface area contributed by atoms with Crippen molar-refractivity contribution in [1.82, 2.24) is 5.32 Å². The molecule has 0 saturated carbocycles. The van der Waals surface area contributed by atoms with E-state index in [0.717, 1.165) is 16.7 Å². The van der Waals surface area contributed by atoms with Gasteiger partial charge in [-0.2, -0.15) is 0 Å². The number of benzene rings is 3. The summed E-state index contributed by atoms with van der Waals surface area (Å²) in [7, 11) is -3.97. The Balaban J connectivity index is 1.53. The zero-order valence-electron chi connectivity index (χ0n) is 19.4. The van der Waals surface area contributed by atoms with E-state index >= 15 is 0 Å².